The van der Waals surface area contributed by atoms with Crippen molar-refractivity contribution >= 4 is 27.0 Å². The summed E-state index contributed by atoms with van der Waals surface area (Å²) in [5.74, 6) is -0.0591. The first-order chi connectivity index (χ1) is 11.8. The number of amides is 1. The summed E-state index contributed by atoms with van der Waals surface area (Å²) in [6, 6.07) is 4.35. The minimum atomic E-state index is -3.69. The number of aromatic amines is 2. The highest BCUT2D eigenvalue weighted by Crippen LogP contribution is 2.28. The SMILES string of the molecule is CCC[C@@H]1CN(S(=O)(=O)c2ccc3[nH]c(=O)[nH]c3c2)C[C@H]1NC(C)=O. The normalized spacial score (nSPS) is 21.7. The van der Waals surface area contributed by atoms with Crippen LogP contribution in [0, 0.1) is 5.92 Å². The second-order valence-corrected chi connectivity index (χ2v) is 8.40. The van der Waals surface area contributed by atoms with Gasteiger partial charge in [-0.1, -0.05) is 13.3 Å². The van der Waals surface area contributed by atoms with E-state index >= 15 is 0 Å². The van der Waals surface area contributed by atoms with E-state index in [4.69, 9.17) is 0 Å². The maximum atomic E-state index is 13.0. The molecule has 0 spiro atoms. The van der Waals surface area contributed by atoms with Gasteiger partial charge in [0, 0.05) is 26.1 Å². The summed E-state index contributed by atoms with van der Waals surface area (Å²) >= 11 is 0. The molecule has 1 saturated heterocycles. The number of H-pyrrole nitrogens is 2. The number of nitrogens with zero attached hydrogens (tertiary/aromatic N) is 1. The van der Waals surface area contributed by atoms with Crippen LogP contribution >= 0.6 is 0 Å². The first kappa shape index (κ1) is 17.7. The van der Waals surface area contributed by atoms with Crippen LogP contribution < -0.4 is 11.0 Å². The van der Waals surface area contributed by atoms with Crippen LogP contribution in [0.25, 0.3) is 11.0 Å². The lowest BCUT2D eigenvalue weighted by atomic mass is 9.98. The lowest BCUT2D eigenvalue weighted by Gasteiger charge is -2.17. The monoisotopic (exact) mass is 366 g/mol. The molecule has 3 N–H and O–H groups in total. The van der Waals surface area contributed by atoms with Gasteiger partial charge < -0.3 is 15.3 Å². The summed E-state index contributed by atoms with van der Waals surface area (Å²) < 4.78 is 27.4. The van der Waals surface area contributed by atoms with Crippen molar-refractivity contribution in [2.45, 2.75) is 37.6 Å². The lowest BCUT2D eigenvalue weighted by molar-refractivity contribution is -0.119. The van der Waals surface area contributed by atoms with Crippen molar-refractivity contribution in [1.82, 2.24) is 19.6 Å². The molecule has 0 saturated carbocycles. The zero-order valence-corrected chi connectivity index (χ0v) is 15.0. The van der Waals surface area contributed by atoms with E-state index in [1.54, 1.807) is 6.07 Å². The van der Waals surface area contributed by atoms with Gasteiger partial charge in [0.2, 0.25) is 15.9 Å². The van der Waals surface area contributed by atoms with Gasteiger partial charge in [0.25, 0.3) is 0 Å². The van der Waals surface area contributed by atoms with E-state index in [9.17, 15) is 18.0 Å². The van der Waals surface area contributed by atoms with Gasteiger partial charge in [-0.25, -0.2) is 13.2 Å². The van der Waals surface area contributed by atoms with E-state index in [0.717, 1.165) is 12.8 Å². The first-order valence-electron chi connectivity index (χ1n) is 8.30. The topological polar surface area (TPSA) is 115 Å². The molecule has 25 heavy (non-hydrogen) atoms. The molecule has 136 valence electrons. The molecule has 0 bridgehead atoms. The molecule has 2 heterocycles. The number of hydrogen-bond acceptors (Lipinski definition) is 4. The number of fused-ring (bicyclic) bond motifs is 1. The molecule has 1 amide bonds. The summed E-state index contributed by atoms with van der Waals surface area (Å²) in [5.41, 5.74) is 0.638. The highest BCUT2D eigenvalue weighted by molar-refractivity contribution is 7.89. The Kier molecular flexibility index (Phi) is 4.70. The number of carbonyl (C=O) groups is 1. The average Bonchev–Trinajstić information content (AvgIpc) is 3.09. The Hall–Kier alpha value is -2.13. The zero-order chi connectivity index (χ0) is 18.2. The van der Waals surface area contributed by atoms with Crippen LogP contribution in [0.1, 0.15) is 26.7 Å². The summed E-state index contributed by atoms with van der Waals surface area (Å²) in [4.78, 5) is 28.1. The van der Waals surface area contributed by atoms with Crippen molar-refractivity contribution in [3.05, 3.63) is 28.7 Å². The number of sulfonamides is 1. The quantitative estimate of drug-likeness (QED) is 0.725. The highest BCUT2D eigenvalue weighted by atomic mass is 32.2. The second-order valence-electron chi connectivity index (χ2n) is 6.46. The number of benzene rings is 1. The van der Waals surface area contributed by atoms with E-state index < -0.39 is 10.0 Å². The Labute approximate surface area is 145 Å². The number of aromatic nitrogens is 2. The third kappa shape index (κ3) is 3.47. The van der Waals surface area contributed by atoms with Gasteiger partial charge in [-0.15, -0.1) is 0 Å². The van der Waals surface area contributed by atoms with E-state index in [1.165, 1.54) is 23.4 Å². The van der Waals surface area contributed by atoms with Crippen LogP contribution in [-0.2, 0) is 14.8 Å². The molecule has 2 atom stereocenters. The maximum absolute atomic E-state index is 13.0. The van der Waals surface area contributed by atoms with Crippen LogP contribution in [0.4, 0.5) is 0 Å². The Morgan fingerprint density at radius 2 is 2.00 bits per heavy atom. The smallest absolute Gasteiger partial charge is 0.323 e. The summed E-state index contributed by atoms with van der Waals surface area (Å²) in [7, 11) is -3.69. The van der Waals surface area contributed by atoms with Gasteiger partial charge in [0.05, 0.1) is 15.9 Å². The predicted octanol–water partition coefficient (Wildman–Crippen LogP) is 0.781. The molecule has 8 nitrogen and oxygen atoms in total. The summed E-state index contributed by atoms with van der Waals surface area (Å²) in [5, 5.41) is 2.87. The fourth-order valence-corrected chi connectivity index (χ4v) is 4.99. The van der Waals surface area contributed by atoms with Gasteiger partial charge in [-0.2, -0.15) is 4.31 Å². The van der Waals surface area contributed by atoms with Crippen LogP contribution in [-0.4, -0.2) is 47.7 Å². The van der Waals surface area contributed by atoms with Gasteiger partial charge >= 0.3 is 5.69 Å². The Morgan fingerprint density at radius 3 is 2.68 bits per heavy atom. The van der Waals surface area contributed by atoms with Crippen molar-refractivity contribution in [1.29, 1.82) is 0 Å². The molecule has 1 fully saturated rings. The molecule has 3 rings (SSSR count). The lowest BCUT2D eigenvalue weighted by Crippen LogP contribution is -2.39. The minimum Gasteiger partial charge on any atom is -0.352 e. The van der Waals surface area contributed by atoms with E-state index in [0.29, 0.717) is 17.6 Å². The molecule has 0 aliphatic carbocycles. The number of rotatable bonds is 5. The minimum absolute atomic E-state index is 0.0967. The summed E-state index contributed by atoms with van der Waals surface area (Å²) in [6.45, 7) is 4.12. The predicted molar refractivity (Wildman–Crippen MR) is 93.7 cm³/mol. The molecule has 1 aromatic heterocycles. The second kappa shape index (κ2) is 6.64. The molecular weight excluding hydrogens is 344 g/mol. The molecule has 1 aliphatic heterocycles. The molecule has 1 aromatic carbocycles. The number of nitrogens with one attached hydrogen (secondary N) is 3. The zero-order valence-electron chi connectivity index (χ0n) is 14.2. The van der Waals surface area contributed by atoms with Crippen LogP contribution in [0.5, 0.6) is 0 Å². The summed E-state index contributed by atoms with van der Waals surface area (Å²) in [6.07, 6.45) is 1.77. The van der Waals surface area contributed by atoms with Crippen LogP contribution in [0.2, 0.25) is 0 Å². The molecular formula is C16H22N4O4S. The van der Waals surface area contributed by atoms with E-state index in [-0.39, 0.29) is 35.0 Å². The van der Waals surface area contributed by atoms with Crippen LogP contribution in [0.15, 0.2) is 27.9 Å². The van der Waals surface area contributed by atoms with Crippen molar-refractivity contribution in [3.8, 4) is 0 Å². The largest absolute Gasteiger partial charge is 0.352 e. The fraction of sp³-hybridized carbons (Fsp3) is 0.500. The molecule has 2 aromatic rings. The Balaban J connectivity index is 1.90. The molecule has 9 heteroatoms. The van der Waals surface area contributed by atoms with Crippen molar-refractivity contribution in [2.75, 3.05) is 13.1 Å². The average molecular weight is 366 g/mol. The Morgan fingerprint density at radius 1 is 1.28 bits per heavy atom. The first-order valence-corrected chi connectivity index (χ1v) is 9.74. The maximum Gasteiger partial charge on any atom is 0.323 e. The number of hydrogen-bond donors (Lipinski definition) is 3. The number of imidazole rings is 1. The highest BCUT2D eigenvalue weighted by Gasteiger charge is 2.39. The Bertz CT molecular complexity index is 946. The van der Waals surface area contributed by atoms with Crippen molar-refractivity contribution in [3.63, 3.8) is 0 Å². The van der Waals surface area contributed by atoms with Gasteiger partial charge in [0.1, 0.15) is 0 Å². The van der Waals surface area contributed by atoms with Crippen molar-refractivity contribution in [2.24, 2.45) is 5.92 Å². The van der Waals surface area contributed by atoms with Crippen molar-refractivity contribution < 1.29 is 13.2 Å². The molecule has 0 radical (unpaired) electrons. The third-order valence-electron chi connectivity index (χ3n) is 4.58. The van der Waals surface area contributed by atoms with Gasteiger partial charge in [-0.05, 0) is 30.5 Å². The standard InChI is InChI=1S/C16H22N4O4S/c1-3-4-11-8-20(9-15(11)17-10(2)21)25(23,24)12-5-6-13-14(7-12)19-16(22)18-13/h5-7,11,15H,3-4,8-9H2,1-2H3,(H,17,21)(H2,18,19,22)/t11-,15-/m1/s1. The molecule has 0 unspecified atom stereocenters. The van der Waals surface area contributed by atoms with Gasteiger partial charge in [0.15, 0.2) is 0 Å². The third-order valence-corrected chi connectivity index (χ3v) is 6.41. The number of carbonyl (C=O) groups excluding carboxylic acids is 1. The van der Waals surface area contributed by atoms with E-state index in [2.05, 4.69) is 15.3 Å². The van der Waals surface area contributed by atoms with Gasteiger partial charge in [-0.3, -0.25) is 4.79 Å². The fourth-order valence-electron chi connectivity index (χ4n) is 3.44. The van der Waals surface area contributed by atoms with E-state index in [1.807, 2.05) is 6.92 Å². The molecule has 1 aliphatic rings. The van der Waals surface area contributed by atoms with Crippen LogP contribution in [0.3, 0.4) is 0 Å².